The Kier molecular flexibility index (Phi) is 7.85. The molecule has 4 aromatic rings. The van der Waals surface area contributed by atoms with Gasteiger partial charge in [-0.3, -0.25) is 0 Å². The third kappa shape index (κ3) is 5.73. The molecule has 0 saturated carbocycles. The van der Waals surface area contributed by atoms with E-state index in [1.165, 1.54) is 0 Å². The van der Waals surface area contributed by atoms with Crippen molar-refractivity contribution in [3.8, 4) is 11.5 Å². The lowest BCUT2D eigenvalue weighted by atomic mass is 9.90. The van der Waals surface area contributed by atoms with Crippen molar-refractivity contribution in [1.82, 2.24) is 0 Å². The molecule has 176 valence electrons. The van der Waals surface area contributed by atoms with Crippen LogP contribution in [0.3, 0.4) is 0 Å². The average molecular weight is 462 g/mol. The summed E-state index contributed by atoms with van der Waals surface area (Å²) in [6.07, 6.45) is 0. The van der Waals surface area contributed by atoms with Gasteiger partial charge in [0.05, 0.1) is 0 Å². The highest BCUT2D eigenvalue weighted by atomic mass is 16.5. The summed E-state index contributed by atoms with van der Waals surface area (Å²) >= 11 is 0. The Morgan fingerprint density at radius 1 is 0.686 bits per heavy atom. The van der Waals surface area contributed by atoms with Crippen LogP contribution in [0.25, 0.3) is 4.85 Å². The Morgan fingerprint density at radius 3 is 1.83 bits per heavy atom. The topological polar surface area (TPSA) is 22.8 Å². The van der Waals surface area contributed by atoms with E-state index in [0.29, 0.717) is 19.0 Å². The van der Waals surface area contributed by atoms with Gasteiger partial charge in [-0.25, -0.2) is 6.57 Å². The fourth-order valence-corrected chi connectivity index (χ4v) is 4.25. The minimum atomic E-state index is -0.536. The zero-order valence-corrected chi connectivity index (χ0v) is 20.6. The van der Waals surface area contributed by atoms with Gasteiger partial charge in [0.25, 0.3) is 6.04 Å². The molecule has 0 saturated heterocycles. The quantitative estimate of drug-likeness (QED) is 0.234. The van der Waals surface area contributed by atoms with E-state index in [9.17, 15) is 0 Å². The summed E-state index contributed by atoms with van der Waals surface area (Å²) in [6.45, 7) is 15.4. The lowest BCUT2D eigenvalue weighted by molar-refractivity contribution is 0.280. The zero-order chi connectivity index (χ0) is 24.6. The summed E-state index contributed by atoms with van der Waals surface area (Å²) in [5.74, 6) is 1.66. The first-order chi connectivity index (χ1) is 17.1. The number of hydrogen-bond donors (Lipinski definition) is 0. The first-order valence-electron chi connectivity index (χ1n) is 12.0. The van der Waals surface area contributed by atoms with E-state index >= 15 is 0 Å². The zero-order valence-electron chi connectivity index (χ0n) is 20.6. The van der Waals surface area contributed by atoms with Crippen LogP contribution in [0.2, 0.25) is 0 Å². The van der Waals surface area contributed by atoms with Gasteiger partial charge in [0.2, 0.25) is 0 Å². The summed E-state index contributed by atoms with van der Waals surface area (Å²) < 4.78 is 12.9. The van der Waals surface area contributed by atoms with Gasteiger partial charge < -0.3 is 14.3 Å². The number of rotatable bonds is 9. The molecule has 0 spiro atoms. The van der Waals surface area contributed by atoms with Gasteiger partial charge in [-0.1, -0.05) is 105 Å². The molecule has 35 heavy (non-hydrogen) atoms. The molecule has 0 N–H and O–H groups in total. The summed E-state index contributed by atoms with van der Waals surface area (Å²) in [6, 6.07) is 31.8. The summed E-state index contributed by atoms with van der Waals surface area (Å²) in [5.41, 5.74) is 6.08. The first-order valence-corrected chi connectivity index (χ1v) is 12.0. The summed E-state index contributed by atoms with van der Waals surface area (Å²) in [4.78, 5) is 4.11. The molecule has 0 aliphatic carbocycles. The maximum atomic E-state index is 8.21. The summed E-state index contributed by atoms with van der Waals surface area (Å²) in [5, 5.41) is 0. The Hall–Kier alpha value is -4.03. The van der Waals surface area contributed by atoms with Crippen LogP contribution in [0.4, 0.5) is 0 Å². The monoisotopic (exact) mass is 461 g/mol. The lowest BCUT2D eigenvalue weighted by Crippen LogP contribution is -2.10. The second-order valence-corrected chi connectivity index (χ2v) is 8.99. The predicted molar refractivity (Wildman–Crippen MR) is 142 cm³/mol. The van der Waals surface area contributed by atoms with Crippen LogP contribution in [0.1, 0.15) is 59.2 Å². The molecule has 0 aliphatic heterocycles. The largest absolute Gasteiger partial charge is 0.488 e. The fraction of sp³-hybridized carbons (Fsp3) is 0.219. The smallest absolute Gasteiger partial charge is 0.281 e. The molecule has 4 rings (SSSR count). The highest BCUT2D eigenvalue weighted by Gasteiger charge is 2.31. The normalized spacial score (nSPS) is 11.6. The maximum Gasteiger partial charge on any atom is 0.281 e. The molecule has 0 aromatic heterocycles. The lowest BCUT2D eigenvalue weighted by Gasteiger charge is -2.22. The standard InChI is InChI=1S/C32H31NO2/c1-23(2)27-19-20-29(34-21-25-14-7-5-8-15-25)30(31(33-4)28-18-12-11-13-24(28)3)32(27)35-22-26-16-9-6-10-17-26/h5-20,23,31H,21-22H2,1-3H3. The molecule has 4 aromatic carbocycles. The number of ether oxygens (including phenoxy) is 2. The third-order valence-electron chi connectivity index (χ3n) is 6.16. The van der Waals surface area contributed by atoms with Gasteiger partial charge in [-0.15, -0.1) is 0 Å². The van der Waals surface area contributed by atoms with E-state index in [-0.39, 0.29) is 5.92 Å². The maximum absolute atomic E-state index is 8.21. The second kappa shape index (κ2) is 11.4. The SMILES string of the molecule is [C-]#[N+]C(c1ccccc1C)c1c(OCc2ccccc2)ccc(C(C)C)c1OCc1ccccc1. The van der Waals surface area contributed by atoms with Gasteiger partial charge in [0.15, 0.2) is 0 Å². The Labute approximate surface area is 208 Å². The predicted octanol–water partition coefficient (Wildman–Crippen LogP) is 8.29. The van der Waals surface area contributed by atoms with E-state index in [0.717, 1.165) is 39.1 Å². The van der Waals surface area contributed by atoms with Gasteiger partial charge in [0.1, 0.15) is 30.3 Å². The Bertz CT molecular complexity index is 1290. The number of benzene rings is 4. The van der Waals surface area contributed by atoms with Crippen molar-refractivity contribution < 1.29 is 9.47 Å². The van der Waals surface area contributed by atoms with Crippen LogP contribution in [0.5, 0.6) is 11.5 Å². The van der Waals surface area contributed by atoms with Crippen molar-refractivity contribution in [2.75, 3.05) is 0 Å². The number of hydrogen-bond acceptors (Lipinski definition) is 2. The van der Waals surface area contributed by atoms with Crippen LogP contribution in [0.15, 0.2) is 97.1 Å². The highest BCUT2D eigenvalue weighted by molar-refractivity contribution is 5.57. The average Bonchev–Trinajstić information content (AvgIpc) is 2.89. The van der Waals surface area contributed by atoms with E-state index in [4.69, 9.17) is 16.0 Å². The van der Waals surface area contributed by atoms with Crippen LogP contribution >= 0.6 is 0 Å². The van der Waals surface area contributed by atoms with Gasteiger partial charge in [-0.05, 0) is 41.2 Å². The van der Waals surface area contributed by atoms with Crippen molar-refractivity contribution >= 4 is 0 Å². The molecule has 3 nitrogen and oxygen atoms in total. The Balaban J connectivity index is 1.83. The van der Waals surface area contributed by atoms with E-state index in [1.54, 1.807) is 0 Å². The molecule has 0 fully saturated rings. The van der Waals surface area contributed by atoms with Crippen LogP contribution in [0, 0.1) is 13.5 Å². The minimum absolute atomic E-state index is 0.228. The second-order valence-electron chi connectivity index (χ2n) is 8.99. The van der Waals surface area contributed by atoms with E-state index in [2.05, 4.69) is 49.9 Å². The molecular formula is C32H31NO2. The molecule has 0 radical (unpaired) electrons. The van der Waals surface area contributed by atoms with Crippen molar-refractivity contribution in [3.05, 3.63) is 142 Å². The molecule has 0 heterocycles. The van der Waals surface area contributed by atoms with E-state index < -0.39 is 6.04 Å². The number of aryl methyl sites for hydroxylation is 1. The molecular weight excluding hydrogens is 430 g/mol. The van der Waals surface area contributed by atoms with Gasteiger partial charge in [0, 0.05) is 5.56 Å². The van der Waals surface area contributed by atoms with Crippen LogP contribution in [-0.2, 0) is 13.2 Å². The molecule has 0 bridgehead atoms. The van der Waals surface area contributed by atoms with Crippen LogP contribution < -0.4 is 9.47 Å². The molecule has 0 aliphatic rings. The Morgan fingerprint density at radius 2 is 1.26 bits per heavy atom. The number of nitrogens with zero attached hydrogens (tertiary/aromatic N) is 1. The minimum Gasteiger partial charge on any atom is -0.488 e. The van der Waals surface area contributed by atoms with Crippen molar-refractivity contribution in [3.63, 3.8) is 0 Å². The molecule has 0 amide bonds. The van der Waals surface area contributed by atoms with Gasteiger partial charge >= 0.3 is 0 Å². The van der Waals surface area contributed by atoms with Crippen molar-refractivity contribution in [2.45, 2.75) is 45.9 Å². The highest BCUT2D eigenvalue weighted by Crippen LogP contribution is 2.45. The van der Waals surface area contributed by atoms with Crippen molar-refractivity contribution in [1.29, 1.82) is 0 Å². The van der Waals surface area contributed by atoms with Crippen molar-refractivity contribution in [2.24, 2.45) is 0 Å². The molecule has 1 unspecified atom stereocenters. The van der Waals surface area contributed by atoms with Gasteiger partial charge in [-0.2, -0.15) is 0 Å². The molecule has 1 atom stereocenters. The summed E-state index contributed by atoms with van der Waals surface area (Å²) in [7, 11) is 0. The van der Waals surface area contributed by atoms with E-state index in [1.807, 2.05) is 72.8 Å². The molecule has 3 heteroatoms. The fourth-order valence-electron chi connectivity index (χ4n) is 4.25. The third-order valence-corrected chi connectivity index (χ3v) is 6.16. The first kappa shape index (κ1) is 24.1. The van der Waals surface area contributed by atoms with Crippen LogP contribution in [-0.4, -0.2) is 0 Å².